The lowest BCUT2D eigenvalue weighted by Crippen LogP contribution is -2.33. The number of aliphatic hydroxyl groups excluding tert-OH is 1. The number of aromatic nitrogens is 2. The zero-order valence-corrected chi connectivity index (χ0v) is 16.9. The van der Waals surface area contributed by atoms with Gasteiger partial charge < -0.3 is 19.1 Å². The van der Waals surface area contributed by atoms with Crippen LogP contribution in [0.1, 0.15) is 35.6 Å². The average molecular weight is 395 g/mol. The van der Waals surface area contributed by atoms with Gasteiger partial charge in [0, 0.05) is 29.8 Å². The first-order chi connectivity index (χ1) is 14.1. The summed E-state index contributed by atoms with van der Waals surface area (Å²) in [6.45, 7) is 3.60. The van der Waals surface area contributed by atoms with Gasteiger partial charge in [-0.3, -0.25) is 4.90 Å². The van der Waals surface area contributed by atoms with Crippen LogP contribution in [-0.4, -0.2) is 40.9 Å². The van der Waals surface area contributed by atoms with Crippen molar-refractivity contribution in [1.82, 2.24) is 15.0 Å². The van der Waals surface area contributed by atoms with Gasteiger partial charge in [-0.1, -0.05) is 36.3 Å². The van der Waals surface area contributed by atoms with Gasteiger partial charge in [0.25, 0.3) is 0 Å². The summed E-state index contributed by atoms with van der Waals surface area (Å²) < 4.78 is 16.4. The minimum atomic E-state index is -0.687. The van der Waals surface area contributed by atoms with Crippen LogP contribution in [0.15, 0.2) is 40.9 Å². The molecule has 0 aliphatic carbocycles. The highest BCUT2D eigenvalue weighted by Crippen LogP contribution is 2.39. The molecule has 0 saturated heterocycles. The fraction of sp³-hybridized carbons (Fsp3) is 0.364. The number of nitrogens with zero attached hydrogens (tertiary/aromatic N) is 3. The van der Waals surface area contributed by atoms with E-state index in [4.69, 9.17) is 14.0 Å². The molecule has 3 aromatic rings. The SMILES string of the molecule is CCc1ccc(-c2noc(CN3Cc4c(OC)ccc(OC)c4[C@@H](O)C3)n2)cc1. The van der Waals surface area contributed by atoms with E-state index in [1.54, 1.807) is 14.2 Å². The van der Waals surface area contributed by atoms with Crippen molar-refractivity contribution in [3.05, 3.63) is 59.0 Å². The molecule has 0 spiro atoms. The third kappa shape index (κ3) is 3.83. The molecule has 4 rings (SSSR count). The van der Waals surface area contributed by atoms with Crippen molar-refractivity contribution in [2.45, 2.75) is 32.5 Å². The van der Waals surface area contributed by atoms with Crippen molar-refractivity contribution in [3.63, 3.8) is 0 Å². The number of aliphatic hydroxyl groups is 1. The Morgan fingerprint density at radius 2 is 1.83 bits per heavy atom. The number of benzene rings is 2. The van der Waals surface area contributed by atoms with Crippen LogP contribution in [0.2, 0.25) is 0 Å². The second kappa shape index (κ2) is 8.23. The van der Waals surface area contributed by atoms with Crippen LogP contribution in [0.3, 0.4) is 0 Å². The number of aryl methyl sites for hydroxylation is 1. The van der Waals surface area contributed by atoms with Crippen LogP contribution in [0, 0.1) is 0 Å². The maximum atomic E-state index is 10.7. The topological polar surface area (TPSA) is 80.9 Å². The molecule has 152 valence electrons. The first kappa shape index (κ1) is 19.4. The number of fused-ring (bicyclic) bond motifs is 1. The Kier molecular flexibility index (Phi) is 5.51. The van der Waals surface area contributed by atoms with E-state index in [0.29, 0.717) is 37.1 Å². The number of hydrogen-bond acceptors (Lipinski definition) is 7. The quantitative estimate of drug-likeness (QED) is 0.685. The molecule has 0 radical (unpaired) electrons. The molecule has 1 aliphatic rings. The Bertz CT molecular complexity index is 984. The van der Waals surface area contributed by atoms with Crippen LogP contribution in [0.5, 0.6) is 11.5 Å². The van der Waals surface area contributed by atoms with E-state index in [-0.39, 0.29) is 0 Å². The van der Waals surface area contributed by atoms with E-state index in [1.165, 1.54) is 5.56 Å². The van der Waals surface area contributed by atoms with E-state index in [9.17, 15) is 5.11 Å². The zero-order chi connectivity index (χ0) is 20.4. The van der Waals surface area contributed by atoms with Gasteiger partial charge in [-0.05, 0) is 24.1 Å². The van der Waals surface area contributed by atoms with Gasteiger partial charge in [0.15, 0.2) is 0 Å². The van der Waals surface area contributed by atoms with Crippen molar-refractivity contribution in [2.24, 2.45) is 0 Å². The Hall–Kier alpha value is -2.90. The third-order valence-electron chi connectivity index (χ3n) is 5.31. The highest BCUT2D eigenvalue weighted by molar-refractivity contribution is 5.54. The predicted octanol–water partition coefficient (Wildman–Crippen LogP) is 3.37. The number of β-amino-alcohol motifs (C(OH)–C–C–N with tert-alkyl or cyclic N) is 1. The Morgan fingerprint density at radius 1 is 1.10 bits per heavy atom. The number of ether oxygens (including phenoxy) is 2. The summed E-state index contributed by atoms with van der Waals surface area (Å²) in [5.74, 6) is 2.48. The molecule has 2 heterocycles. The fourth-order valence-corrected chi connectivity index (χ4v) is 3.78. The normalized spacial score (nSPS) is 16.5. The van der Waals surface area contributed by atoms with Gasteiger partial charge in [0.2, 0.25) is 11.7 Å². The monoisotopic (exact) mass is 395 g/mol. The van der Waals surface area contributed by atoms with Crippen LogP contribution >= 0.6 is 0 Å². The first-order valence-electron chi connectivity index (χ1n) is 9.69. The zero-order valence-electron chi connectivity index (χ0n) is 16.9. The third-order valence-corrected chi connectivity index (χ3v) is 5.31. The fourth-order valence-electron chi connectivity index (χ4n) is 3.78. The number of methoxy groups -OCH3 is 2. The molecule has 0 unspecified atom stereocenters. The molecule has 1 aliphatic heterocycles. The van der Waals surface area contributed by atoms with Crippen LogP contribution < -0.4 is 9.47 Å². The summed E-state index contributed by atoms with van der Waals surface area (Å²) in [5.41, 5.74) is 3.89. The first-order valence-corrected chi connectivity index (χ1v) is 9.69. The molecule has 7 heteroatoms. The smallest absolute Gasteiger partial charge is 0.241 e. The second-order valence-corrected chi connectivity index (χ2v) is 7.11. The van der Waals surface area contributed by atoms with E-state index < -0.39 is 6.10 Å². The van der Waals surface area contributed by atoms with Gasteiger partial charge in [-0.2, -0.15) is 4.98 Å². The largest absolute Gasteiger partial charge is 0.496 e. The lowest BCUT2D eigenvalue weighted by molar-refractivity contribution is 0.0779. The average Bonchev–Trinajstić information content (AvgIpc) is 3.21. The summed E-state index contributed by atoms with van der Waals surface area (Å²) >= 11 is 0. The van der Waals surface area contributed by atoms with E-state index in [0.717, 1.165) is 28.9 Å². The van der Waals surface area contributed by atoms with Gasteiger partial charge >= 0.3 is 0 Å². The van der Waals surface area contributed by atoms with Crippen LogP contribution in [-0.2, 0) is 19.5 Å². The molecule has 0 fully saturated rings. The second-order valence-electron chi connectivity index (χ2n) is 7.11. The van der Waals surface area contributed by atoms with Crippen molar-refractivity contribution < 1.29 is 19.1 Å². The van der Waals surface area contributed by atoms with E-state index in [1.807, 2.05) is 24.3 Å². The lowest BCUT2D eigenvalue weighted by Gasteiger charge is -2.33. The van der Waals surface area contributed by atoms with Crippen molar-refractivity contribution >= 4 is 0 Å². The van der Waals surface area contributed by atoms with Crippen molar-refractivity contribution in [2.75, 3.05) is 20.8 Å². The molecule has 0 amide bonds. The molecule has 7 nitrogen and oxygen atoms in total. The summed E-state index contributed by atoms with van der Waals surface area (Å²) in [6, 6.07) is 11.8. The Morgan fingerprint density at radius 3 is 2.52 bits per heavy atom. The Labute approximate surface area is 169 Å². The molecular formula is C22H25N3O4. The van der Waals surface area contributed by atoms with E-state index >= 15 is 0 Å². The molecule has 29 heavy (non-hydrogen) atoms. The Balaban J connectivity index is 1.54. The van der Waals surface area contributed by atoms with Crippen LogP contribution in [0.4, 0.5) is 0 Å². The number of rotatable bonds is 6. The van der Waals surface area contributed by atoms with Gasteiger partial charge in [-0.25, -0.2) is 0 Å². The molecule has 2 aromatic carbocycles. The van der Waals surface area contributed by atoms with Gasteiger partial charge in [0.1, 0.15) is 11.5 Å². The lowest BCUT2D eigenvalue weighted by atomic mass is 9.95. The molecule has 1 N–H and O–H groups in total. The maximum absolute atomic E-state index is 10.7. The summed E-state index contributed by atoms with van der Waals surface area (Å²) in [5, 5.41) is 14.8. The van der Waals surface area contributed by atoms with Crippen molar-refractivity contribution in [3.8, 4) is 22.9 Å². The highest BCUT2D eigenvalue weighted by Gasteiger charge is 2.30. The van der Waals surface area contributed by atoms with Gasteiger partial charge in [0.05, 0.1) is 26.9 Å². The van der Waals surface area contributed by atoms with Gasteiger partial charge in [-0.15, -0.1) is 0 Å². The minimum absolute atomic E-state index is 0.441. The molecule has 1 aromatic heterocycles. The predicted molar refractivity (Wildman–Crippen MR) is 108 cm³/mol. The van der Waals surface area contributed by atoms with E-state index in [2.05, 4.69) is 34.1 Å². The summed E-state index contributed by atoms with van der Waals surface area (Å²) in [7, 11) is 3.23. The summed E-state index contributed by atoms with van der Waals surface area (Å²) in [6.07, 6.45) is 0.304. The molecular weight excluding hydrogens is 370 g/mol. The maximum Gasteiger partial charge on any atom is 0.241 e. The number of hydrogen-bond donors (Lipinski definition) is 1. The minimum Gasteiger partial charge on any atom is -0.496 e. The molecule has 0 saturated carbocycles. The standard InChI is InChI=1S/C22H25N3O4/c1-4-14-5-7-15(8-6-14)22-23-20(29-24-22)13-25-11-16-18(27-2)9-10-19(28-3)21(16)17(26)12-25/h5-10,17,26H,4,11-13H2,1-3H3/t17-/m0/s1. The van der Waals surface area contributed by atoms with Crippen molar-refractivity contribution in [1.29, 1.82) is 0 Å². The molecule has 0 bridgehead atoms. The molecule has 1 atom stereocenters. The van der Waals surface area contributed by atoms with Crippen LogP contribution in [0.25, 0.3) is 11.4 Å². The highest BCUT2D eigenvalue weighted by atomic mass is 16.5. The summed E-state index contributed by atoms with van der Waals surface area (Å²) in [4.78, 5) is 6.59.